The maximum absolute atomic E-state index is 13.5. The topological polar surface area (TPSA) is 256 Å². The number of allylic oxidation sites excluding steroid dienone is 3. The summed E-state index contributed by atoms with van der Waals surface area (Å²) in [5.41, 5.74) is 5.21. The van der Waals surface area contributed by atoms with Gasteiger partial charge in [-0.25, -0.2) is 9.59 Å². The Labute approximate surface area is 283 Å². The van der Waals surface area contributed by atoms with Gasteiger partial charge in [0.2, 0.25) is 17.4 Å². The van der Waals surface area contributed by atoms with Gasteiger partial charge in [-0.05, 0) is 44.8 Å². The van der Waals surface area contributed by atoms with E-state index in [0.717, 1.165) is 16.4 Å². The predicted molar refractivity (Wildman–Crippen MR) is 168 cm³/mol. The van der Waals surface area contributed by atoms with Crippen molar-refractivity contribution in [3.63, 3.8) is 0 Å². The maximum Gasteiger partial charge on any atom is 0.410 e. The number of carboxylic acid groups (broad SMARTS) is 1. The Hall–Kier alpha value is -5.53. The van der Waals surface area contributed by atoms with Crippen molar-refractivity contribution in [3.05, 3.63) is 40.3 Å². The van der Waals surface area contributed by atoms with Crippen molar-refractivity contribution in [2.75, 3.05) is 39.1 Å². The number of nitrogens with zero attached hydrogens (tertiary/aromatic N) is 6. The van der Waals surface area contributed by atoms with E-state index < -0.39 is 41.7 Å². The molecule has 4 rings (SSSR count). The van der Waals surface area contributed by atoms with Crippen LogP contribution in [0.25, 0.3) is 0 Å². The number of aliphatic carboxylic acids is 1. The molecule has 3 aliphatic heterocycles. The first-order valence-electron chi connectivity index (χ1n) is 15.1. The van der Waals surface area contributed by atoms with Crippen LogP contribution in [0.15, 0.2) is 39.6 Å². The first-order chi connectivity index (χ1) is 23.4. The van der Waals surface area contributed by atoms with E-state index in [0.29, 0.717) is 31.5 Å². The number of carboxylic acids is 1. The van der Waals surface area contributed by atoms with Crippen LogP contribution in [0.5, 0.6) is 0 Å². The fraction of sp³-hybridized carbons (Fsp3) is 0.483. The van der Waals surface area contributed by atoms with Crippen molar-refractivity contribution in [2.24, 2.45) is 5.16 Å². The number of rotatable bonds is 13. The van der Waals surface area contributed by atoms with Gasteiger partial charge in [-0.15, -0.1) is 0 Å². The molecule has 0 radical (unpaired) electrons. The summed E-state index contributed by atoms with van der Waals surface area (Å²) < 4.78 is 18.9. The van der Waals surface area contributed by atoms with Crippen LogP contribution < -0.4 is 11.1 Å². The number of ether oxygens (including phenoxy) is 3. The Bertz CT molecular complexity index is 1650. The molecule has 0 bridgehead atoms. The summed E-state index contributed by atoms with van der Waals surface area (Å²) in [5, 5.41) is 24.8. The minimum Gasteiger partial charge on any atom is -0.494 e. The molecule has 1 aromatic rings. The highest BCUT2D eigenvalue weighted by Crippen LogP contribution is 2.32. The van der Waals surface area contributed by atoms with Gasteiger partial charge in [-0.1, -0.05) is 12.1 Å². The summed E-state index contributed by atoms with van der Waals surface area (Å²) in [6.45, 7) is 5.58. The molecule has 0 aromatic carbocycles. The van der Waals surface area contributed by atoms with Gasteiger partial charge < -0.3 is 45.4 Å². The fourth-order valence-electron chi connectivity index (χ4n) is 5.73. The molecular weight excluding hydrogens is 668 g/mol. The van der Waals surface area contributed by atoms with Crippen molar-refractivity contribution in [1.29, 1.82) is 0 Å². The number of likely N-dealkylation sites (tertiary alicyclic amines) is 3. The number of hydrogen-bond acceptors (Lipinski definition) is 15. The molecule has 0 saturated carbocycles. The highest BCUT2D eigenvalue weighted by atomic mass is 32.1. The van der Waals surface area contributed by atoms with E-state index in [-0.39, 0.29) is 71.7 Å². The molecule has 0 aliphatic carbocycles. The molecule has 1 aromatic heterocycles. The molecule has 3 aliphatic rings. The van der Waals surface area contributed by atoms with Gasteiger partial charge in [0.15, 0.2) is 17.5 Å². The lowest BCUT2D eigenvalue weighted by Gasteiger charge is -2.45. The lowest BCUT2D eigenvalue weighted by Crippen LogP contribution is -2.70. The van der Waals surface area contributed by atoms with E-state index in [2.05, 4.69) is 19.8 Å². The molecule has 5 N–H and O–H groups in total. The molecule has 3 atom stereocenters. The average molecular weight is 705 g/mol. The molecule has 4 heterocycles. The fourth-order valence-corrected chi connectivity index (χ4v) is 6.17. The minimum atomic E-state index is -1.40. The van der Waals surface area contributed by atoms with Crippen molar-refractivity contribution in [1.82, 2.24) is 29.4 Å². The zero-order chi connectivity index (χ0) is 36.0. The monoisotopic (exact) mass is 704 g/mol. The second kappa shape index (κ2) is 15.6. The number of methoxy groups -OCH3 is 1. The van der Waals surface area contributed by atoms with Gasteiger partial charge >= 0.3 is 12.1 Å². The molecular formula is C29H36N8O11S. The summed E-state index contributed by atoms with van der Waals surface area (Å²) in [6.07, 6.45) is 1.83. The summed E-state index contributed by atoms with van der Waals surface area (Å²) in [7, 11) is 1.35. The van der Waals surface area contributed by atoms with E-state index in [4.69, 9.17) is 19.9 Å². The van der Waals surface area contributed by atoms with Gasteiger partial charge in [0.05, 0.1) is 19.2 Å². The molecule has 3 unspecified atom stereocenters. The van der Waals surface area contributed by atoms with E-state index in [1.54, 1.807) is 11.8 Å². The molecule has 3 fully saturated rings. The van der Waals surface area contributed by atoms with Crippen LogP contribution in [0.1, 0.15) is 45.9 Å². The quantitative estimate of drug-likeness (QED) is 0.0407. The van der Waals surface area contributed by atoms with Crippen LogP contribution in [0, 0.1) is 0 Å². The number of nitrogens with two attached hydrogens (primary N) is 1. The van der Waals surface area contributed by atoms with Gasteiger partial charge in [0.1, 0.15) is 17.5 Å². The third kappa shape index (κ3) is 7.63. The van der Waals surface area contributed by atoms with Crippen LogP contribution in [-0.4, -0.2) is 128 Å². The number of aromatic nitrogens is 2. The minimum absolute atomic E-state index is 0.0274. The van der Waals surface area contributed by atoms with E-state index in [9.17, 15) is 39.1 Å². The number of nitrogens with one attached hydrogen (secondary N) is 1. The third-order valence-corrected chi connectivity index (χ3v) is 8.88. The zero-order valence-electron chi connectivity index (χ0n) is 27.1. The van der Waals surface area contributed by atoms with Crippen molar-refractivity contribution in [2.45, 2.75) is 58.2 Å². The molecule has 264 valence electrons. The highest BCUT2D eigenvalue weighted by molar-refractivity contribution is 7.09. The number of β-lactam (4-membered cyclic amide) rings is 1. The van der Waals surface area contributed by atoms with Gasteiger partial charge in [-0.2, -0.15) is 9.36 Å². The molecule has 0 spiro atoms. The van der Waals surface area contributed by atoms with Crippen LogP contribution in [0.4, 0.5) is 9.93 Å². The van der Waals surface area contributed by atoms with Gasteiger partial charge in [-0.3, -0.25) is 24.1 Å². The Morgan fingerprint density at radius 3 is 2.55 bits per heavy atom. The molecule has 19 nitrogen and oxygen atoms in total. The highest BCUT2D eigenvalue weighted by Gasteiger charge is 2.50. The lowest BCUT2D eigenvalue weighted by atomic mass is 9.93. The van der Waals surface area contributed by atoms with Gasteiger partial charge in [0, 0.05) is 36.7 Å². The molecule has 49 heavy (non-hydrogen) atoms. The molecule has 3 saturated heterocycles. The largest absolute Gasteiger partial charge is 0.494 e. The normalized spacial score (nSPS) is 22.8. The second-order valence-corrected chi connectivity index (χ2v) is 11.9. The molecule has 4 amide bonds. The van der Waals surface area contributed by atoms with Crippen LogP contribution in [-0.2, 0) is 38.2 Å². The Balaban J connectivity index is 1.43. The smallest absolute Gasteiger partial charge is 0.410 e. The average Bonchev–Trinajstić information content (AvgIpc) is 3.82. The summed E-state index contributed by atoms with van der Waals surface area (Å²) >= 11 is 0.773. The van der Waals surface area contributed by atoms with Gasteiger partial charge in [0.25, 0.3) is 18.3 Å². The van der Waals surface area contributed by atoms with Crippen molar-refractivity contribution < 1.29 is 53.3 Å². The Morgan fingerprint density at radius 2 is 1.98 bits per heavy atom. The van der Waals surface area contributed by atoms with Crippen LogP contribution in [0.2, 0.25) is 0 Å². The number of carbonyl (C=O) groups excluding carboxylic acids is 5. The van der Waals surface area contributed by atoms with Crippen LogP contribution in [0.3, 0.4) is 0 Å². The maximum atomic E-state index is 13.5. The lowest BCUT2D eigenvalue weighted by molar-refractivity contribution is -0.153. The number of amides is 4. The van der Waals surface area contributed by atoms with E-state index in [1.165, 1.54) is 31.9 Å². The predicted octanol–water partition coefficient (Wildman–Crippen LogP) is 0.183. The Kier molecular flexibility index (Phi) is 11.5. The summed E-state index contributed by atoms with van der Waals surface area (Å²) in [5.74, 6) is -3.33. The second-order valence-electron chi connectivity index (χ2n) is 11.1. The first-order valence-corrected chi connectivity index (χ1v) is 15.8. The van der Waals surface area contributed by atoms with Crippen molar-refractivity contribution in [3.8, 4) is 0 Å². The SMILES string of the molecule is CCC(/C=C1\CCN(C2CCN(C(=O)OC/C(OC)=C(\C)OC=O)C2)C1=O)=C(/C(=O)O)N1C(=O)C(NC(=O)/C(=N\O)c2nsc(N)n2)C1C. The van der Waals surface area contributed by atoms with Crippen molar-refractivity contribution >= 4 is 58.6 Å². The van der Waals surface area contributed by atoms with E-state index in [1.807, 2.05) is 0 Å². The standard InChI is InChI=1S/C29H36N8O11S/c1-5-16(22(27(42)43)37-14(2)20(26(37)41)31-24(39)21(33-45)23-32-28(30)49-34-23)10-17-6-9-36(25(17)40)18-7-8-35(11-18)29(44)47-12-19(46-4)15(3)48-13-38/h10,13-14,18,20,45H,5-9,11-12H2,1-4H3,(H,31,39)(H,42,43)(H2,30,32,34)/b17-10+,19-15-,22-16+,33-21-. The number of carbonyl (C=O) groups is 6. The number of hydrogen-bond donors (Lipinski definition) is 4. The van der Waals surface area contributed by atoms with E-state index >= 15 is 0 Å². The number of anilines is 1. The first kappa shape index (κ1) is 36.3. The number of oxime groups is 1. The summed E-state index contributed by atoms with van der Waals surface area (Å²) in [6, 6.07) is -2.26. The number of nitrogen functional groups attached to an aromatic ring is 1. The zero-order valence-corrected chi connectivity index (χ0v) is 27.9. The molecule has 20 heteroatoms. The third-order valence-electron chi connectivity index (χ3n) is 8.34. The van der Waals surface area contributed by atoms with Crippen LogP contribution >= 0.6 is 11.5 Å². The Morgan fingerprint density at radius 1 is 1.24 bits per heavy atom. The summed E-state index contributed by atoms with van der Waals surface area (Å²) in [4.78, 5) is 83.1.